The fourth-order valence-corrected chi connectivity index (χ4v) is 10.6. The number of anilines is 1. The maximum atomic E-state index is 12.1. The van der Waals surface area contributed by atoms with Gasteiger partial charge in [-0.3, -0.25) is 19.2 Å². The van der Waals surface area contributed by atoms with Gasteiger partial charge in [0.15, 0.2) is 0 Å². The third-order valence-electron chi connectivity index (χ3n) is 12.0. The Morgan fingerprint density at radius 2 is 0.944 bits per heavy atom. The maximum Gasteiger partial charge on any atom is 0.410 e. The highest BCUT2D eigenvalue weighted by Crippen LogP contribution is 2.38. The molecule has 0 atom stereocenters. The highest BCUT2D eigenvalue weighted by atomic mass is 79.9. The quantitative estimate of drug-likeness (QED) is 0.153. The first-order chi connectivity index (χ1) is 33.4. The van der Waals surface area contributed by atoms with Gasteiger partial charge in [0.2, 0.25) is 5.95 Å². The second-order valence-corrected chi connectivity index (χ2v) is 23.6. The average molecular weight is 1160 g/mol. The number of nitrogens with one attached hydrogen (secondary N) is 1. The van der Waals surface area contributed by atoms with Crippen LogP contribution in [-0.2, 0) is 47.6 Å². The van der Waals surface area contributed by atoms with Gasteiger partial charge in [-0.15, -0.1) is 47.7 Å². The van der Waals surface area contributed by atoms with Crippen LogP contribution in [0.1, 0.15) is 121 Å². The zero-order chi connectivity index (χ0) is 53.5. The van der Waals surface area contributed by atoms with Crippen molar-refractivity contribution in [3.8, 4) is 0 Å². The van der Waals surface area contributed by atoms with Crippen molar-refractivity contribution in [3.05, 3.63) is 16.9 Å². The molecule has 0 aliphatic carbocycles. The molecule has 1 aromatic rings. The zero-order valence-electron chi connectivity index (χ0n) is 45.0. The summed E-state index contributed by atoms with van der Waals surface area (Å²) in [5, 5.41) is 3.25. The van der Waals surface area contributed by atoms with Gasteiger partial charge in [0.25, 0.3) is 0 Å². The van der Waals surface area contributed by atoms with Crippen LogP contribution in [0.3, 0.4) is 0 Å². The number of amides is 2. The van der Waals surface area contributed by atoms with Crippen LogP contribution in [0.4, 0.5) is 15.5 Å². The molecule has 0 bridgehead atoms. The Bertz CT molecular complexity index is 1820. The van der Waals surface area contributed by atoms with Crippen molar-refractivity contribution in [2.75, 3.05) is 102 Å². The molecule has 4 fully saturated rings. The molecule has 0 saturated carbocycles. The molecule has 1 N–H and O–H groups in total. The Labute approximate surface area is 456 Å². The summed E-state index contributed by atoms with van der Waals surface area (Å²) in [6.07, 6.45) is 14.5. The predicted octanol–water partition coefficient (Wildman–Crippen LogP) is 8.84. The number of piperidine rings is 4. The third kappa shape index (κ3) is 21.7. The van der Waals surface area contributed by atoms with Crippen LogP contribution >= 0.6 is 63.6 Å². The molecule has 1 aromatic heterocycles. The maximum absolute atomic E-state index is 12.1. The van der Waals surface area contributed by atoms with Crippen molar-refractivity contribution in [3.63, 3.8) is 0 Å². The molecule has 0 aromatic carbocycles. The molecular formula is C49H84BrClN6O12S3. The lowest BCUT2D eigenvalue weighted by molar-refractivity contribution is -0.150. The summed E-state index contributed by atoms with van der Waals surface area (Å²) in [6.45, 7) is 25.6. The normalized spacial score (nSPS) is 18.3. The fraction of sp³-hybridized carbons (Fsp3) is 0.796. The minimum absolute atomic E-state index is 0. The molecule has 0 radical (unpaired) electrons. The Morgan fingerprint density at radius 1 is 0.597 bits per heavy atom. The lowest BCUT2D eigenvalue weighted by atomic mass is 9.96. The van der Waals surface area contributed by atoms with E-state index in [1.165, 1.54) is 11.8 Å². The molecule has 5 rings (SSSR count). The van der Waals surface area contributed by atoms with E-state index in [0.29, 0.717) is 84.2 Å². The molecule has 5 heterocycles. The van der Waals surface area contributed by atoms with Gasteiger partial charge in [-0.1, -0.05) is 0 Å². The summed E-state index contributed by atoms with van der Waals surface area (Å²) in [7, 11) is 0. The molecule has 18 nitrogen and oxygen atoms in total. The summed E-state index contributed by atoms with van der Waals surface area (Å²) in [4.78, 5) is 85.3. The number of rotatable bonds is 12. The zero-order valence-corrected chi connectivity index (χ0v) is 49.9. The largest absolute Gasteiger partial charge is 0.466 e. The molecule has 2 amide bonds. The highest BCUT2D eigenvalue weighted by molar-refractivity contribution is 9.10. The highest BCUT2D eigenvalue weighted by Gasteiger charge is 2.45. The Balaban J connectivity index is 0.000000483. The van der Waals surface area contributed by atoms with Crippen LogP contribution < -0.4 is 10.2 Å². The van der Waals surface area contributed by atoms with Crippen molar-refractivity contribution in [1.82, 2.24) is 25.1 Å². The van der Waals surface area contributed by atoms with E-state index >= 15 is 0 Å². The smallest absolute Gasteiger partial charge is 0.410 e. The van der Waals surface area contributed by atoms with Crippen molar-refractivity contribution < 1.29 is 57.2 Å². The second-order valence-electron chi connectivity index (χ2n) is 19.2. The first-order valence-corrected chi connectivity index (χ1v) is 29.1. The lowest BCUT2D eigenvalue weighted by Crippen LogP contribution is -2.50. The van der Waals surface area contributed by atoms with E-state index < -0.39 is 20.7 Å². The number of carbonyl (C=O) groups excluding carboxylic acids is 6. The number of aromatic nitrogens is 2. The predicted molar refractivity (Wildman–Crippen MR) is 293 cm³/mol. The molecule has 72 heavy (non-hydrogen) atoms. The van der Waals surface area contributed by atoms with Gasteiger partial charge < -0.3 is 48.4 Å². The minimum Gasteiger partial charge on any atom is -0.466 e. The van der Waals surface area contributed by atoms with Gasteiger partial charge in [0, 0.05) is 51.7 Å². The van der Waals surface area contributed by atoms with Gasteiger partial charge in [0.1, 0.15) is 25.4 Å². The number of ether oxygens (including phenoxy) is 6. The third-order valence-corrected chi connectivity index (χ3v) is 16.5. The van der Waals surface area contributed by atoms with Gasteiger partial charge in [-0.05, 0) is 168 Å². The molecular weight excluding hydrogens is 1080 g/mol. The summed E-state index contributed by atoms with van der Waals surface area (Å²) in [6, 6.07) is 0. The number of thioether (sulfide) groups is 3. The summed E-state index contributed by atoms with van der Waals surface area (Å²) in [5.41, 5.74) is -0.971. The SMILES string of the molecule is CCOC(=O)C1(SC)CCN(C(=O)OC(C)(C)C)CC1.CCOC(=O)C1(SC)CCN(c2ncc(Br)cn2)CC1.CCOC(=O)C1(SC)CCNCC1.CCOC(=O)C1CCN(C(=O)OC(C)(C)C)CC1.Cl. The topological polar surface area (TPSA) is 205 Å². The second kappa shape index (κ2) is 32.5. The number of esters is 4. The van der Waals surface area contributed by atoms with Crippen LogP contribution in [0, 0.1) is 5.92 Å². The molecule has 4 aliphatic rings. The van der Waals surface area contributed by atoms with Crippen LogP contribution in [-0.4, -0.2) is 179 Å². The first kappa shape index (κ1) is 67.1. The number of hydrogen-bond donors (Lipinski definition) is 1. The van der Waals surface area contributed by atoms with Crippen molar-refractivity contribution in [2.24, 2.45) is 5.92 Å². The summed E-state index contributed by atoms with van der Waals surface area (Å²) in [5.74, 6) is 0.181. The van der Waals surface area contributed by atoms with Gasteiger partial charge >= 0.3 is 36.1 Å². The van der Waals surface area contributed by atoms with E-state index in [9.17, 15) is 28.8 Å². The van der Waals surface area contributed by atoms with E-state index in [4.69, 9.17) is 28.4 Å². The first-order valence-electron chi connectivity index (χ1n) is 24.7. The molecule has 414 valence electrons. The van der Waals surface area contributed by atoms with Crippen LogP contribution in [0.15, 0.2) is 16.9 Å². The van der Waals surface area contributed by atoms with Crippen LogP contribution in [0.2, 0.25) is 0 Å². The lowest BCUT2D eigenvalue weighted by Gasteiger charge is -2.39. The molecule has 4 saturated heterocycles. The van der Waals surface area contributed by atoms with Gasteiger partial charge in [-0.2, -0.15) is 0 Å². The van der Waals surface area contributed by atoms with Crippen molar-refractivity contribution >= 4 is 106 Å². The molecule has 0 unspecified atom stereocenters. The number of halogens is 2. The number of likely N-dealkylation sites (tertiary alicyclic amines) is 2. The van der Waals surface area contributed by atoms with Gasteiger partial charge in [-0.25, -0.2) is 19.6 Å². The van der Waals surface area contributed by atoms with E-state index in [2.05, 4.69) is 36.1 Å². The Hall–Kier alpha value is -2.92. The number of carbonyl (C=O) groups is 6. The van der Waals surface area contributed by atoms with E-state index in [0.717, 1.165) is 56.3 Å². The van der Waals surface area contributed by atoms with Crippen molar-refractivity contribution in [1.29, 1.82) is 0 Å². The van der Waals surface area contributed by atoms with E-state index in [1.54, 1.807) is 52.6 Å². The summed E-state index contributed by atoms with van der Waals surface area (Å²) < 4.78 is 30.7. The monoisotopic (exact) mass is 1160 g/mol. The van der Waals surface area contributed by atoms with Crippen LogP contribution in [0.25, 0.3) is 0 Å². The van der Waals surface area contributed by atoms with Crippen molar-refractivity contribution in [2.45, 2.75) is 146 Å². The average Bonchev–Trinajstić information content (AvgIpc) is 3.34. The Morgan fingerprint density at radius 3 is 1.29 bits per heavy atom. The Kier molecular flexibility index (Phi) is 30.3. The van der Waals surface area contributed by atoms with Crippen LogP contribution in [0.5, 0.6) is 0 Å². The molecule has 4 aliphatic heterocycles. The standard InChI is InChI=1S/C14H25NO4S.C13H18BrN3O2S.C13H23NO4.C9H17NO2S.ClH/c1-6-18-11(16)14(20-5)7-9-15(10-8-14)12(17)19-13(2,3)4;1-3-19-11(18)13(20-2)4-6-17(7-5-13)12-15-8-10(14)9-16-12;1-5-17-11(15)10-6-8-14(9-7-10)12(16)18-13(2,3)4;1-3-12-8(11)9(13-2)4-6-10-7-5-9;/h6-10H2,1-5H3;8-9H,3-7H2,1-2H3;10H,5-9H2,1-4H3;10H,3-7H2,1-2H3;1H. The number of nitrogens with zero attached hydrogens (tertiary/aromatic N) is 5. The summed E-state index contributed by atoms with van der Waals surface area (Å²) >= 11 is 8.06. The van der Waals surface area contributed by atoms with Gasteiger partial charge in [0.05, 0.1) is 36.8 Å². The fourth-order valence-electron chi connectivity index (χ4n) is 7.89. The van der Waals surface area contributed by atoms with E-state index in [-0.39, 0.29) is 59.1 Å². The number of hydrogen-bond acceptors (Lipinski definition) is 19. The van der Waals surface area contributed by atoms with E-state index in [1.807, 2.05) is 81.1 Å². The molecule has 23 heteroatoms. The minimum atomic E-state index is -0.519. The molecule has 0 spiro atoms.